The molecule has 0 radical (unpaired) electrons. The predicted molar refractivity (Wildman–Crippen MR) is 37.7 cm³/mol. The molecular formula is C6H12N2. The number of hydrogen-bond donors (Lipinski definition) is 0. The van der Waals surface area contributed by atoms with Crippen molar-refractivity contribution in [3.8, 4) is 0 Å². The molecule has 0 atom stereocenters. The van der Waals surface area contributed by atoms with Gasteiger partial charge >= 0.3 is 0 Å². The number of hydrogen-bond acceptors (Lipinski definition) is 1. The van der Waals surface area contributed by atoms with Gasteiger partial charge in [0.1, 0.15) is 6.34 Å². The molecule has 0 aromatic carbocycles. The van der Waals surface area contributed by atoms with Gasteiger partial charge in [-0.1, -0.05) is 13.8 Å². The average Bonchev–Trinajstić information content (AvgIpc) is 1.66. The summed E-state index contributed by atoms with van der Waals surface area (Å²) in [5, 5.41) is 0. The van der Waals surface area contributed by atoms with Gasteiger partial charge < -0.3 is 0 Å². The Morgan fingerprint density at radius 2 is 2.25 bits per heavy atom. The van der Waals surface area contributed by atoms with Crippen LogP contribution in [0, 0.1) is 5.92 Å². The summed E-state index contributed by atoms with van der Waals surface area (Å²) in [4.78, 5) is 7.40. The van der Waals surface area contributed by atoms with Gasteiger partial charge in [0, 0.05) is 6.54 Å². The summed E-state index contributed by atoms with van der Waals surface area (Å²) in [6, 6.07) is 0. The summed E-state index contributed by atoms with van der Waals surface area (Å²) in [7, 11) is 0. The van der Waals surface area contributed by atoms with E-state index in [1.54, 1.807) is 0 Å². The molecule has 0 saturated heterocycles. The zero-order chi connectivity index (χ0) is 6.41. The van der Waals surface area contributed by atoms with Gasteiger partial charge in [0.2, 0.25) is 0 Å². The first-order chi connectivity index (χ1) is 3.77. The van der Waals surface area contributed by atoms with Gasteiger partial charge in [-0.2, -0.15) is 0 Å². The van der Waals surface area contributed by atoms with Crippen LogP contribution in [0.4, 0.5) is 0 Å². The van der Waals surface area contributed by atoms with E-state index in [-0.39, 0.29) is 0 Å². The molecular weight excluding hydrogens is 100 g/mol. The molecule has 2 nitrogen and oxygen atoms in total. The normalized spacial score (nSPS) is 10.9. The molecule has 0 aromatic heterocycles. The fourth-order valence-corrected chi connectivity index (χ4v) is 0.316. The lowest BCUT2D eigenvalue weighted by molar-refractivity contribution is 0.667. The van der Waals surface area contributed by atoms with Gasteiger partial charge in [0.25, 0.3) is 0 Å². The highest BCUT2D eigenvalue weighted by molar-refractivity contribution is 5.61. The Labute approximate surface area is 50.4 Å². The molecule has 0 spiro atoms. The van der Waals surface area contributed by atoms with Crippen LogP contribution in [0.15, 0.2) is 9.98 Å². The van der Waals surface area contributed by atoms with Crippen LogP contribution in [0.2, 0.25) is 0 Å². The molecule has 0 aromatic rings. The van der Waals surface area contributed by atoms with E-state index >= 15 is 0 Å². The van der Waals surface area contributed by atoms with Crippen LogP contribution in [-0.2, 0) is 0 Å². The highest BCUT2D eigenvalue weighted by Gasteiger charge is 1.85. The van der Waals surface area contributed by atoms with Gasteiger partial charge in [-0.3, -0.25) is 9.98 Å². The standard InChI is InChI=1S/C6H12N2/c1-6(2)4-8-5-7-3/h5-6H,3-4H2,1-2H3. The first-order valence-electron chi connectivity index (χ1n) is 2.71. The molecule has 8 heavy (non-hydrogen) atoms. The SMILES string of the molecule is C=NC=NCC(C)C. The van der Waals surface area contributed by atoms with Crippen LogP contribution in [0.5, 0.6) is 0 Å². The average molecular weight is 112 g/mol. The quantitative estimate of drug-likeness (QED) is 0.389. The highest BCUT2D eigenvalue weighted by Crippen LogP contribution is 1.89. The molecule has 0 bridgehead atoms. The van der Waals surface area contributed by atoms with Crippen LogP contribution in [0.3, 0.4) is 0 Å². The van der Waals surface area contributed by atoms with Gasteiger partial charge in [-0.25, -0.2) is 0 Å². The van der Waals surface area contributed by atoms with E-state index in [0.29, 0.717) is 5.92 Å². The summed E-state index contributed by atoms with van der Waals surface area (Å²) >= 11 is 0. The molecule has 2 heteroatoms. The summed E-state index contributed by atoms with van der Waals surface area (Å²) in [5.74, 6) is 0.619. The maximum atomic E-state index is 3.94. The van der Waals surface area contributed by atoms with Crippen LogP contribution in [-0.4, -0.2) is 19.6 Å². The Morgan fingerprint density at radius 3 is 2.62 bits per heavy atom. The van der Waals surface area contributed by atoms with Crippen molar-refractivity contribution in [1.29, 1.82) is 0 Å². The van der Waals surface area contributed by atoms with E-state index < -0.39 is 0 Å². The summed E-state index contributed by atoms with van der Waals surface area (Å²) in [6.45, 7) is 8.33. The van der Waals surface area contributed by atoms with Crippen molar-refractivity contribution < 1.29 is 0 Å². The van der Waals surface area contributed by atoms with E-state index in [0.717, 1.165) is 6.54 Å². The number of nitrogens with zero attached hydrogens (tertiary/aromatic N) is 2. The maximum Gasteiger partial charge on any atom is 0.109 e. The van der Waals surface area contributed by atoms with Crippen molar-refractivity contribution >= 4 is 13.1 Å². The minimum Gasteiger partial charge on any atom is -0.273 e. The Hall–Kier alpha value is -0.660. The highest BCUT2D eigenvalue weighted by atomic mass is 14.8. The maximum absolute atomic E-state index is 3.94. The molecule has 0 N–H and O–H groups in total. The molecule has 46 valence electrons. The van der Waals surface area contributed by atoms with Gasteiger partial charge in [0.15, 0.2) is 0 Å². The third kappa shape index (κ3) is 5.34. The van der Waals surface area contributed by atoms with Crippen LogP contribution in [0.1, 0.15) is 13.8 Å². The molecule has 0 aliphatic rings. The fraction of sp³-hybridized carbons (Fsp3) is 0.667. The summed E-state index contributed by atoms with van der Waals surface area (Å²) in [5.41, 5.74) is 0. The second-order valence-electron chi connectivity index (χ2n) is 2.06. The number of aliphatic imine (C=N–C) groups is 2. The second-order valence-corrected chi connectivity index (χ2v) is 2.06. The fourth-order valence-electron chi connectivity index (χ4n) is 0.316. The number of rotatable bonds is 3. The lowest BCUT2D eigenvalue weighted by Crippen LogP contribution is -1.90. The van der Waals surface area contributed by atoms with Gasteiger partial charge in [-0.15, -0.1) is 0 Å². The van der Waals surface area contributed by atoms with Crippen molar-refractivity contribution in [2.24, 2.45) is 15.9 Å². The van der Waals surface area contributed by atoms with E-state index in [1.165, 1.54) is 6.34 Å². The van der Waals surface area contributed by atoms with Crippen molar-refractivity contribution in [3.05, 3.63) is 0 Å². The summed E-state index contributed by atoms with van der Waals surface area (Å²) < 4.78 is 0. The van der Waals surface area contributed by atoms with E-state index in [9.17, 15) is 0 Å². The third-order valence-electron chi connectivity index (χ3n) is 0.634. The second kappa shape index (κ2) is 4.50. The predicted octanol–water partition coefficient (Wildman–Crippen LogP) is 1.37. The monoisotopic (exact) mass is 112 g/mol. The minimum absolute atomic E-state index is 0.619. The van der Waals surface area contributed by atoms with Crippen molar-refractivity contribution in [2.75, 3.05) is 6.54 Å². The van der Waals surface area contributed by atoms with Crippen molar-refractivity contribution in [1.82, 2.24) is 0 Å². The zero-order valence-electron chi connectivity index (χ0n) is 5.46. The molecule has 0 unspecified atom stereocenters. The Morgan fingerprint density at radius 1 is 1.62 bits per heavy atom. The van der Waals surface area contributed by atoms with Gasteiger partial charge in [0.05, 0.1) is 0 Å². The van der Waals surface area contributed by atoms with E-state index in [1.807, 2.05) is 0 Å². The minimum atomic E-state index is 0.619. The zero-order valence-corrected chi connectivity index (χ0v) is 5.46. The largest absolute Gasteiger partial charge is 0.273 e. The lowest BCUT2D eigenvalue weighted by Gasteiger charge is -1.93. The lowest BCUT2D eigenvalue weighted by atomic mass is 10.2. The summed E-state index contributed by atoms with van der Waals surface area (Å²) in [6.07, 6.45) is 1.49. The topological polar surface area (TPSA) is 24.7 Å². The first-order valence-corrected chi connectivity index (χ1v) is 2.71. The molecule has 0 aliphatic carbocycles. The molecule has 0 rings (SSSR count). The smallest absolute Gasteiger partial charge is 0.109 e. The van der Waals surface area contributed by atoms with E-state index in [2.05, 4.69) is 30.5 Å². The Bertz CT molecular complexity index is 84.5. The molecule has 0 heterocycles. The molecule has 0 saturated carbocycles. The Balaban J connectivity index is 3.15. The van der Waals surface area contributed by atoms with Gasteiger partial charge in [-0.05, 0) is 12.6 Å². The van der Waals surface area contributed by atoms with Crippen molar-refractivity contribution in [3.63, 3.8) is 0 Å². The van der Waals surface area contributed by atoms with Crippen LogP contribution < -0.4 is 0 Å². The van der Waals surface area contributed by atoms with Crippen molar-refractivity contribution in [2.45, 2.75) is 13.8 Å². The first kappa shape index (κ1) is 7.34. The van der Waals surface area contributed by atoms with Crippen LogP contribution in [0.25, 0.3) is 0 Å². The molecule has 0 aliphatic heterocycles. The molecule has 0 amide bonds. The van der Waals surface area contributed by atoms with E-state index in [4.69, 9.17) is 0 Å². The third-order valence-corrected chi connectivity index (χ3v) is 0.634. The Kier molecular flexibility index (Phi) is 4.13. The molecule has 0 fully saturated rings. The van der Waals surface area contributed by atoms with Crippen LogP contribution >= 0.6 is 0 Å².